The molecule has 0 fully saturated rings. The molecule has 0 unspecified atom stereocenters. The van der Waals surface area contributed by atoms with Crippen LogP contribution in [0.4, 0.5) is 10.2 Å². The first kappa shape index (κ1) is 17.2. The molecule has 0 saturated heterocycles. The summed E-state index contributed by atoms with van der Waals surface area (Å²) in [5, 5.41) is 18.7. The zero-order chi connectivity index (χ0) is 18.5. The number of anilines is 1. The molecule has 0 aliphatic heterocycles. The highest BCUT2D eigenvalue weighted by molar-refractivity contribution is 5.94. The number of aromatic nitrogens is 5. The minimum Gasteiger partial charge on any atom is -0.378 e. The second-order valence-corrected chi connectivity index (χ2v) is 5.27. The molecule has 2 heterocycles. The Hall–Kier alpha value is -3.63. The van der Waals surface area contributed by atoms with Gasteiger partial charge in [-0.3, -0.25) is 4.79 Å². The number of amides is 1. The predicted molar refractivity (Wildman–Crippen MR) is 89.1 cm³/mol. The molecule has 11 heteroatoms. The van der Waals surface area contributed by atoms with E-state index in [2.05, 4.69) is 35.8 Å². The highest BCUT2D eigenvalue weighted by Crippen LogP contribution is 2.17. The summed E-state index contributed by atoms with van der Waals surface area (Å²) in [6, 6.07) is 5.79. The zero-order valence-electron chi connectivity index (χ0n) is 13.8. The van der Waals surface area contributed by atoms with Crippen LogP contribution in [-0.2, 0) is 6.42 Å². The Bertz CT molecular complexity index is 949. The fourth-order valence-electron chi connectivity index (χ4n) is 2.25. The molecular weight excluding hydrogens is 343 g/mol. The first-order valence-electron chi connectivity index (χ1n) is 7.72. The van der Waals surface area contributed by atoms with Crippen molar-refractivity contribution in [2.75, 3.05) is 5.73 Å². The molecular formula is C15H15FN8O2. The summed E-state index contributed by atoms with van der Waals surface area (Å²) >= 11 is 0. The van der Waals surface area contributed by atoms with Crippen LogP contribution in [-0.4, -0.2) is 37.4 Å². The number of carbonyl (C=O) groups excluding carboxylic acids is 1. The van der Waals surface area contributed by atoms with E-state index in [1.54, 1.807) is 12.1 Å². The number of benzene rings is 1. The molecule has 134 valence electrons. The highest BCUT2D eigenvalue weighted by Gasteiger charge is 2.23. The lowest BCUT2D eigenvalue weighted by atomic mass is 10.2. The summed E-state index contributed by atoms with van der Waals surface area (Å²) < 4.78 is 19.0. The molecule has 3 N–H and O–H groups in total. The van der Waals surface area contributed by atoms with Crippen molar-refractivity contribution in [3.63, 3.8) is 0 Å². The zero-order valence-corrected chi connectivity index (χ0v) is 13.8. The highest BCUT2D eigenvalue weighted by atomic mass is 19.1. The van der Waals surface area contributed by atoms with Gasteiger partial charge in [0.25, 0.3) is 5.91 Å². The van der Waals surface area contributed by atoms with Crippen LogP contribution in [0.1, 0.15) is 35.1 Å². The molecule has 0 atom stereocenters. The summed E-state index contributed by atoms with van der Waals surface area (Å²) in [4.78, 5) is 12.4. The Morgan fingerprint density at radius 1 is 1.46 bits per heavy atom. The third-order valence-corrected chi connectivity index (χ3v) is 3.39. The van der Waals surface area contributed by atoms with E-state index in [0.717, 1.165) is 6.42 Å². The number of carbonyl (C=O) groups is 1. The number of halogens is 1. The molecule has 1 amide bonds. The Kier molecular flexibility index (Phi) is 4.97. The molecule has 0 bridgehead atoms. The average Bonchev–Trinajstić information content (AvgIpc) is 3.21. The van der Waals surface area contributed by atoms with E-state index in [9.17, 15) is 9.18 Å². The molecule has 0 saturated carbocycles. The van der Waals surface area contributed by atoms with Crippen LogP contribution in [0, 0.1) is 5.82 Å². The number of hydrogen-bond donors (Lipinski definition) is 2. The van der Waals surface area contributed by atoms with Crippen molar-refractivity contribution in [2.45, 2.75) is 19.8 Å². The van der Waals surface area contributed by atoms with E-state index < -0.39 is 11.7 Å². The number of nitrogens with one attached hydrogen (secondary N) is 1. The molecule has 26 heavy (non-hydrogen) atoms. The quantitative estimate of drug-likeness (QED) is 0.497. The number of hydrogen-bond acceptors (Lipinski definition) is 8. The largest absolute Gasteiger partial charge is 0.378 e. The number of nitrogens with two attached hydrogens (primary N) is 1. The number of hydrazone groups is 1. The van der Waals surface area contributed by atoms with E-state index in [1.165, 1.54) is 23.0 Å². The minimum atomic E-state index is -0.567. The minimum absolute atomic E-state index is 0.0309. The monoisotopic (exact) mass is 358 g/mol. The Morgan fingerprint density at radius 2 is 2.31 bits per heavy atom. The van der Waals surface area contributed by atoms with Gasteiger partial charge in [0.05, 0.1) is 11.9 Å². The van der Waals surface area contributed by atoms with Crippen LogP contribution in [0.5, 0.6) is 0 Å². The fourth-order valence-corrected chi connectivity index (χ4v) is 2.25. The third kappa shape index (κ3) is 3.55. The summed E-state index contributed by atoms with van der Waals surface area (Å²) in [5.41, 5.74) is 9.08. The Morgan fingerprint density at radius 3 is 3.00 bits per heavy atom. The van der Waals surface area contributed by atoms with Crippen LogP contribution < -0.4 is 11.2 Å². The molecule has 0 spiro atoms. The van der Waals surface area contributed by atoms with E-state index in [4.69, 9.17) is 5.73 Å². The Labute approximate surface area is 146 Å². The smallest absolute Gasteiger partial charge is 0.293 e. The molecule has 0 radical (unpaired) electrons. The SMILES string of the molecule is CCCc1c(C(=O)NN=Cc2cccc(F)c2)nnn1-c1nonc1N. The molecule has 0 aliphatic carbocycles. The van der Waals surface area contributed by atoms with Crippen LogP contribution in [0.2, 0.25) is 0 Å². The van der Waals surface area contributed by atoms with Gasteiger partial charge in [0, 0.05) is 0 Å². The standard InChI is InChI=1S/C15H15FN8O2/c1-2-4-11-12(19-23-24(11)14-13(17)21-26-22-14)15(25)20-18-8-9-5-3-6-10(16)7-9/h3,5-8H,2,4H2,1H3,(H2,17,21)(H,20,25). The van der Waals surface area contributed by atoms with Gasteiger partial charge >= 0.3 is 0 Å². The maximum Gasteiger partial charge on any atom is 0.293 e. The molecule has 10 nitrogen and oxygen atoms in total. The topological polar surface area (TPSA) is 137 Å². The van der Waals surface area contributed by atoms with E-state index >= 15 is 0 Å². The van der Waals surface area contributed by atoms with Crippen molar-refractivity contribution in [3.05, 3.63) is 47.0 Å². The number of rotatable bonds is 6. The van der Waals surface area contributed by atoms with Crippen LogP contribution >= 0.6 is 0 Å². The predicted octanol–water partition coefficient (Wildman–Crippen LogP) is 1.09. The number of nitrogens with zero attached hydrogens (tertiary/aromatic N) is 6. The lowest BCUT2D eigenvalue weighted by Crippen LogP contribution is -2.20. The van der Waals surface area contributed by atoms with Crippen molar-refractivity contribution < 1.29 is 13.8 Å². The molecule has 1 aromatic carbocycles. The van der Waals surface area contributed by atoms with Crippen LogP contribution in [0.3, 0.4) is 0 Å². The van der Waals surface area contributed by atoms with Crippen LogP contribution in [0.15, 0.2) is 34.0 Å². The summed E-state index contributed by atoms with van der Waals surface area (Å²) in [6.45, 7) is 1.94. The van der Waals surface area contributed by atoms with Crippen molar-refractivity contribution in [2.24, 2.45) is 5.10 Å². The van der Waals surface area contributed by atoms with E-state index in [1.807, 2.05) is 6.92 Å². The van der Waals surface area contributed by atoms with Gasteiger partial charge in [0.15, 0.2) is 5.69 Å². The average molecular weight is 358 g/mol. The Balaban J connectivity index is 1.81. The normalized spacial score (nSPS) is 11.2. The van der Waals surface area contributed by atoms with Crippen molar-refractivity contribution >= 4 is 17.9 Å². The van der Waals surface area contributed by atoms with Gasteiger partial charge in [-0.25, -0.2) is 14.4 Å². The maximum absolute atomic E-state index is 13.1. The first-order chi connectivity index (χ1) is 12.6. The lowest BCUT2D eigenvalue weighted by molar-refractivity contribution is 0.0949. The summed E-state index contributed by atoms with van der Waals surface area (Å²) in [7, 11) is 0. The van der Waals surface area contributed by atoms with Gasteiger partial charge < -0.3 is 5.73 Å². The molecule has 2 aromatic heterocycles. The maximum atomic E-state index is 13.1. The van der Waals surface area contributed by atoms with Crippen molar-refractivity contribution in [1.29, 1.82) is 0 Å². The van der Waals surface area contributed by atoms with Crippen molar-refractivity contribution in [1.82, 2.24) is 30.7 Å². The van der Waals surface area contributed by atoms with Gasteiger partial charge in [0.1, 0.15) is 5.82 Å². The van der Waals surface area contributed by atoms with E-state index in [0.29, 0.717) is 17.7 Å². The van der Waals surface area contributed by atoms with Gasteiger partial charge in [-0.2, -0.15) is 9.78 Å². The second-order valence-electron chi connectivity index (χ2n) is 5.27. The lowest BCUT2D eigenvalue weighted by Gasteiger charge is -2.03. The summed E-state index contributed by atoms with van der Waals surface area (Å²) in [5.74, 6) is -0.777. The number of nitrogen functional groups attached to an aromatic ring is 1. The van der Waals surface area contributed by atoms with Gasteiger partial charge in [0.2, 0.25) is 11.6 Å². The molecule has 3 rings (SSSR count). The molecule has 3 aromatic rings. The molecule has 0 aliphatic rings. The van der Waals surface area contributed by atoms with Gasteiger partial charge in [-0.05, 0) is 34.4 Å². The van der Waals surface area contributed by atoms with E-state index in [-0.39, 0.29) is 17.3 Å². The van der Waals surface area contributed by atoms with Crippen molar-refractivity contribution in [3.8, 4) is 5.82 Å². The fraction of sp³-hybridized carbons (Fsp3) is 0.200. The van der Waals surface area contributed by atoms with Gasteiger partial charge in [-0.15, -0.1) is 5.10 Å². The third-order valence-electron chi connectivity index (χ3n) is 3.39. The summed E-state index contributed by atoms with van der Waals surface area (Å²) in [6.07, 6.45) is 2.55. The van der Waals surface area contributed by atoms with Gasteiger partial charge in [-0.1, -0.05) is 30.7 Å². The first-order valence-corrected chi connectivity index (χ1v) is 7.72. The van der Waals surface area contributed by atoms with Crippen LogP contribution in [0.25, 0.3) is 5.82 Å². The second kappa shape index (κ2) is 7.51.